The minimum atomic E-state index is -1.25. The SMILES string of the molecule is CCOC(=O)CC1(c2ccccc2OC)C(=O)Nc2ccc(Cl)cc21. The average molecular weight is 360 g/mol. The highest BCUT2D eigenvalue weighted by atomic mass is 35.5. The zero-order valence-corrected chi connectivity index (χ0v) is 14.7. The van der Waals surface area contributed by atoms with Crippen LogP contribution in [0.3, 0.4) is 0 Å². The Labute approximate surface area is 150 Å². The summed E-state index contributed by atoms with van der Waals surface area (Å²) in [6.45, 7) is 1.97. The molecule has 1 N–H and O–H groups in total. The highest BCUT2D eigenvalue weighted by Crippen LogP contribution is 2.49. The molecule has 0 bridgehead atoms. The fourth-order valence-electron chi connectivity index (χ4n) is 3.29. The molecule has 1 heterocycles. The molecule has 25 heavy (non-hydrogen) atoms. The number of hydrogen-bond donors (Lipinski definition) is 1. The summed E-state index contributed by atoms with van der Waals surface area (Å²) in [6.07, 6.45) is -0.139. The molecule has 6 heteroatoms. The van der Waals surface area contributed by atoms with Crippen molar-refractivity contribution in [1.82, 2.24) is 0 Å². The van der Waals surface area contributed by atoms with Gasteiger partial charge in [-0.3, -0.25) is 9.59 Å². The number of esters is 1. The van der Waals surface area contributed by atoms with Crippen LogP contribution < -0.4 is 10.1 Å². The molecule has 0 saturated carbocycles. The van der Waals surface area contributed by atoms with Crippen molar-refractivity contribution < 1.29 is 19.1 Å². The molecule has 1 aliphatic rings. The maximum absolute atomic E-state index is 13.1. The van der Waals surface area contributed by atoms with Crippen molar-refractivity contribution in [3.8, 4) is 5.75 Å². The topological polar surface area (TPSA) is 64.6 Å². The summed E-state index contributed by atoms with van der Waals surface area (Å²) in [5.41, 5.74) is 0.621. The largest absolute Gasteiger partial charge is 0.496 e. The van der Waals surface area contributed by atoms with Crippen LogP contribution in [0.2, 0.25) is 5.02 Å². The van der Waals surface area contributed by atoms with Crippen LogP contribution in [0.1, 0.15) is 24.5 Å². The fraction of sp³-hybridized carbons (Fsp3) is 0.263. The Kier molecular flexibility index (Phi) is 4.68. The number of para-hydroxylation sites is 1. The molecule has 2 aromatic carbocycles. The lowest BCUT2D eigenvalue weighted by atomic mass is 9.72. The molecule has 1 unspecified atom stereocenters. The number of benzene rings is 2. The van der Waals surface area contributed by atoms with E-state index in [4.69, 9.17) is 21.1 Å². The van der Waals surface area contributed by atoms with Crippen molar-refractivity contribution in [2.45, 2.75) is 18.8 Å². The van der Waals surface area contributed by atoms with Gasteiger partial charge in [-0.2, -0.15) is 0 Å². The van der Waals surface area contributed by atoms with Crippen molar-refractivity contribution in [2.75, 3.05) is 19.0 Å². The van der Waals surface area contributed by atoms with Crippen molar-refractivity contribution in [1.29, 1.82) is 0 Å². The first-order chi connectivity index (χ1) is 12.0. The normalized spacial score (nSPS) is 18.4. The second kappa shape index (κ2) is 6.76. The van der Waals surface area contributed by atoms with Crippen molar-refractivity contribution in [3.05, 3.63) is 58.6 Å². The first-order valence-electron chi connectivity index (χ1n) is 7.93. The number of carbonyl (C=O) groups is 2. The van der Waals surface area contributed by atoms with Crippen LogP contribution in [0.4, 0.5) is 5.69 Å². The van der Waals surface area contributed by atoms with Gasteiger partial charge in [0.1, 0.15) is 11.2 Å². The molecule has 2 aromatic rings. The van der Waals surface area contributed by atoms with E-state index in [1.807, 2.05) is 6.07 Å². The standard InChI is InChI=1S/C19H18ClNO4/c1-3-25-17(22)11-19(13-6-4-5-7-16(13)24-2)14-10-12(20)8-9-15(14)21-18(19)23/h4-10H,3,11H2,1-2H3,(H,21,23). The maximum Gasteiger partial charge on any atom is 0.307 e. The molecule has 0 spiro atoms. The van der Waals surface area contributed by atoms with E-state index in [1.54, 1.807) is 43.3 Å². The van der Waals surface area contributed by atoms with E-state index in [1.165, 1.54) is 7.11 Å². The molecule has 3 rings (SSSR count). The first kappa shape index (κ1) is 17.3. The number of halogens is 1. The van der Waals surface area contributed by atoms with Gasteiger partial charge in [0, 0.05) is 16.3 Å². The molecule has 1 amide bonds. The molecule has 0 saturated heterocycles. The number of carbonyl (C=O) groups excluding carboxylic acids is 2. The third-order valence-electron chi connectivity index (χ3n) is 4.36. The number of amides is 1. The number of hydrogen-bond acceptors (Lipinski definition) is 4. The fourth-order valence-corrected chi connectivity index (χ4v) is 3.47. The lowest BCUT2D eigenvalue weighted by molar-refractivity contribution is -0.145. The molecule has 0 radical (unpaired) electrons. The lowest BCUT2D eigenvalue weighted by Crippen LogP contribution is -2.38. The van der Waals surface area contributed by atoms with Gasteiger partial charge in [-0.1, -0.05) is 29.8 Å². The quantitative estimate of drug-likeness (QED) is 0.829. The number of anilines is 1. The monoisotopic (exact) mass is 359 g/mol. The third-order valence-corrected chi connectivity index (χ3v) is 4.59. The summed E-state index contributed by atoms with van der Waals surface area (Å²) >= 11 is 6.17. The summed E-state index contributed by atoms with van der Waals surface area (Å²) in [4.78, 5) is 25.4. The predicted octanol–water partition coefficient (Wildman–Crippen LogP) is 3.54. The van der Waals surface area contributed by atoms with Crippen molar-refractivity contribution in [3.63, 3.8) is 0 Å². The van der Waals surface area contributed by atoms with Gasteiger partial charge in [0.2, 0.25) is 5.91 Å². The van der Waals surface area contributed by atoms with E-state index in [2.05, 4.69) is 5.32 Å². The number of nitrogens with one attached hydrogen (secondary N) is 1. The number of ether oxygens (including phenoxy) is 2. The van der Waals surface area contributed by atoms with Crippen LogP contribution in [0.25, 0.3) is 0 Å². The summed E-state index contributed by atoms with van der Waals surface area (Å²) in [6, 6.07) is 12.3. The van der Waals surface area contributed by atoms with Gasteiger partial charge in [0.15, 0.2) is 0 Å². The third kappa shape index (κ3) is 2.85. The van der Waals surface area contributed by atoms with E-state index < -0.39 is 11.4 Å². The zero-order chi connectivity index (χ0) is 18.0. The number of rotatable bonds is 5. The predicted molar refractivity (Wildman–Crippen MR) is 95.1 cm³/mol. The number of methoxy groups -OCH3 is 1. The van der Waals surface area contributed by atoms with E-state index in [0.29, 0.717) is 27.6 Å². The highest BCUT2D eigenvalue weighted by Gasteiger charge is 2.51. The van der Waals surface area contributed by atoms with Gasteiger partial charge in [-0.25, -0.2) is 0 Å². The van der Waals surface area contributed by atoms with Crippen molar-refractivity contribution >= 4 is 29.2 Å². The van der Waals surface area contributed by atoms with E-state index in [9.17, 15) is 9.59 Å². The Morgan fingerprint density at radius 3 is 2.68 bits per heavy atom. The Hall–Kier alpha value is -2.53. The highest BCUT2D eigenvalue weighted by molar-refractivity contribution is 6.31. The lowest BCUT2D eigenvalue weighted by Gasteiger charge is -2.28. The summed E-state index contributed by atoms with van der Waals surface area (Å²) < 4.78 is 10.6. The first-order valence-corrected chi connectivity index (χ1v) is 8.31. The molecular weight excluding hydrogens is 342 g/mol. The molecule has 0 aliphatic carbocycles. The Bertz CT molecular complexity index is 836. The van der Waals surface area contributed by atoms with Crippen LogP contribution in [0, 0.1) is 0 Å². The molecular formula is C19H18ClNO4. The Morgan fingerprint density at radius 2 is 1.96 bits per heavy atom. The van der Waals surface area contributed by atoms with Gasteiger partial charge in [0.05, 0.1) is 20.1 Å². The minimum absolute atomic E-state index is 0.139. The smallest absolute Gasteiger partial charge is 0.307 e. The molecule has 5 nitrogen and oxygen atoms in total. The second-order valence-corrected chi connectivity index (χ2v) is 6.17. The van der Waals surface area contributed by atoms with E-state index in [0.717, 1.165) is 0 Å². The maximum atomic E-state index is 13.1. The molecule has 0 aromatic heterocycles. The van der Waals surface area contributed by atoms with Crippen molar-refractivity contribution in [2.24, 2.45) is 0 Å². The zero-order valence-electron chi connectivity index (χ0n) is 14.0. The van der Waals surface area contributed by atoms with Crippen LogP contribution >= 0.6 is 11.6 Å². The van der Waals surface area contributed by atoms with E-state index in [-0.39, 0.29) is 18.9 Å². The molecule has 0 fully saturated rings. The van der Waals surface area contributed by atoms with Gasteiger partial charge >= 0.3 is 5.97 Å². The van der Waals surface area contributed by atoms with E-state index >= 15 is 0 Å². The molecule has 1 aliphatic heterocycles. The Balaban J connectivity index is 2.26. The summed E-state index contributed by atoms with van der Waals surface area (Å²) in [5, 5.41) is 3.34. The van der Waals surface area contributed by atoms with Crippen LogP contribution in [0.5, 0.6) is 5.75 Å². The Morgan fingerprint density at radius 1 is 1.20 bits per heavy atom. The van der Waals surface area contributed by atoms with Gasteiger partial charge in [-0.05, 0) is 36.8 Å². The van der Waals surface area contributed by atoms with Crippen LogP contribution in [-0.4, -0.2) is 25.6 Å². The van der Waals surface area contributed by atoms with Gasteiger partial charge in [-0.15, -0.1) is 0 Å². The summed E-state index contributed by atoms with van der Waals surface area (Å²) in [5.74, 6) is -0.242. The number of fused-ring (bicyclic) bond motifs is 1. The minimum Gasteiger partial charge on any atom is -0.496 e. The molecule has 1 atom stereocenters. The van der Waals surface area contributed by atoms with Crippen LogP contribution in [0.15, 0.2) is 42.5 Å². The average Bonchev–Trinajstić information content (AvgIpc) is 2.87. The van der Waals surface area contributed by atoms with Crippen LogP contribution in [-0.2, 0) is 19.7 Å². The van der Waals surface area contributed by atoms with Gasteiger partial charge < -0.3 is 14.8 Å². The summed E-state index contributed by atoms with van der Waals surface area (Å²) in [7, 11) is 1.53. The second-order valence-electron chi connectivity index (χ2n) is 5.73. The van der Waals surface area contributed by atoms with Gasteiger partial charge in [0.25, 0.3) is 0 Å². The molecule has 130 valence electrons.